The second-order valence-corrected chi connectivity index (χ2v) is 4.09. The van der Waals surface area contributed by atoms with Gasteiger partial charge in [0.15, 0.2) is 5.78 Å². The summed E-state index contributed by atoms with van der Waals surface area (Å²) in [6, 6.07) is 0.0255. The summed E-state index contributed by atoms with van der Waals surface area (Å²) in [6.45, 7) is 7.34. The minimum Gasteiger partial charge on any atom is -0.289 e. The molecule has 0 unspecified atom stereocenters. The molecule has 0 aromatic heterocycles. The third-order valence-corrected chi connectivity index (χ3v) is 2.29. The summed E-state index contributed by atoms with van der Waals surface area (Å²) in [6.07, 6.45) is 5.19. The van der Waals surface area contributed by atoms with Crippen LogP contribution in [-0.2, 0) is 4.79 Å². The molecule has 0 spiro atoms. The van der Waals surface area contributed by atoms with Crippen LogP contribution in [0.3, 0.4) is 0 Å². The fourth-order valence-electron chi connectivity index (χ4n) is 1.36. The molecule has 1 aliphatic rings. The largest absolute Gasteiger partial charge is 0.289 e. The first-order valence-electron chi connectivity index (χ1n) is 5.02. The van der Waals surface area contributed by atoms with Gasteiger partial charge in [-0.25, -0.2) is 0 Å². The molecule has 3 nitrogen and oxygen atoms in total. The van der Waals surface area contributed by atoms with Crippen LogP contribution in [0.5, 0.6) is 0 Å². The van der Waals surface area contributed by atoms with Crippen molar-refractivity contribution in [3.8, 4) is 0 Å². The molecule has 0 fully saturated rings. The smallest absolute Gasteiger partial charge is 0.184 e. The number of nitrogens with zero attached hydrogens (tertiary/aromatic N) is 1. The Morgan fingerprint density at radius 1 is 1.27 bits per heavy atom. The first-order valence-corrected chi connectivity index (χ1v) is 5.02. The van der Waals surface area contributed by atoms with Crippen molar-refractivity contribution >= 4 is 5.78 Å². The zero-order valence-electron chi connectivity index (χ0n) is 9.61. The summed E-state index contributed by atoms with van der Waals surface area (Å²) >= 11 is 0. The Balaban J connectivity index is 2.94. The number of rotatable bonds is 2. The summed E-state index contributed by atoms with van der Waals surface area (Å²) in [7, 11) is 0. The van der Waals surface area contributed by atoms with Crippen LogP contribution >= 0.6 is 0 Å². The summed E-state index contributed by atoms with van der Waals surface area (Å²) < 4.78 is 0. The van der Waals surface area contributed by atoms with Crippen molar-refractivity contribution < 1.29 is 10.0 Å². The highest BCUT2D eigenvalue weighted by atomic mass is 16.5. The highest BCUT2D eigenvalue weighted by Crippen LogP contribution is 2.18. The van der Waals surface area contributed by atoms with Gasteiger partial charge in [0.25, 0.3) is 0 Å². The monoisotopic (exact) mass is 207 g/mol. The lowest BCUT2D eigenvalue weighted by Gasteiger charge is -2.18. The molecule has 15 heavy (non-hydrogen) atoms. The summed E-state index contributed by atoms with van der Waals surface area (Å²) in [5.41, 5.74) is 2.26. The highest BCUT2D eigenvalue weighted by Gasteiger charge is 2.13. The molecule has 0 saturated carbocycles. The minimum atomic E-state index is 0.0255. The quantitative estimate of drug-likeness (QED) is 0.707. The van der Waals surface area contributed by atoms with E-state index in [2.05, 4.69) is 0 Å². The van der Waals surface area contributed by atoms with Crippen molar-refractivity contribution in [1.29, 1.82) is 0 Å². The van der Waals surface area contributed by atoms with Gasteiger partial charge in [0.2, 0.25) is 0 Å². The maximum Gasteiger partial charge on any atom is 0.184 e. The van der Waals surface area contributed by atoms with Crippen LogP contribution < -0.4 is 0 Å². The average Bonchev–Trinajstić information content (AvgIpc) is 2.13. The van der Waals surface area contributed by atoms with E-state index >= 15 is 0 Å². The van der Waals surface area contributed by atoms with Gasteiger partial charge in [0.05, 0.1) is 6.04 Å². The fourth-order valence-corrected chi connectivity index (χ4v) is 1.36. The number of hydroxylamine groups is 2. The van der Waals surface area contributed by atoms with Crippen molar-refractivity contribution in [2.24, 2.45) is 0 Å². The van der Waals surface area contributed by atoms with Crippen LogP contribution in [-0.4, -0.2) is 22.1 Å². The van der Waals surface area contributed by atoms with Gasteiger partial charge >= 0.3 is 0 Å². The summed E-state index contributed by atoms with van der Waals surface area (Å²) in [4.78, 5) is 11.5. The predicted molar refractivity (Wildman–Crippen MR) is 59.4 cm³/mol. The number of carbonyl (C=O) groups is 1. The number of hydrogen-bond acceptors (Lipinski definition) is 3. The van der Waals surface area contributed by atoms with Crippen LogP contribution in [0.25, 0.3) is 0 Å². The van der Waals surface area contributed by atoms with Crippen LogP contribution in [0.15, 0.2) is 35.1 Å². The van der Waals surface area contributed by atoms with E-state index in [1.54, 1.807) is 32.2 Å². The molecule has 1 N–H and O–H groups in total. The molecular formula is C12H17NO2. The molecule has 0 aromatic carbocycles. The Hall–Kier alpha value is -1.35. The number of allylic oxidation sites excluding steroid dienone is 5. The molecule has 0 atom stereocenters. The standard InChI is InChI=1S/C12H17NO2/c1-8(2)13(15)7-11-5-9(3)12(14)10(4)6-11/h5-8,15H,1-4H3. The van der Waals surface area contributed by atoms with Crippen LogP contribution in [0.4, 0.5) is 0 Å². The lowest BCUT2D eigenvalue weighted by molar-refractivity contribution is -0.112. The topological polar surface area (TPSA) is 40.5 Å². The molecule has 0 amide bonds. The summed E-state index contributed by atoms with van der Waals surface area (Å²) in [5, 5.41) is 10.7. The Labute approximate surface area is 90.3 Å². The van der Waals surface area contributed by atoms with E-state index in [4.69, 9.17) is 0 Å². The molecule has 3 heteroatoms. The predicted octanol–water partition coefficient (Wildman–Crippen LogP) is 2.45. The molecule has 1 aliphatic carbocycles. The van der Waals surface area contributed by atoms with Crippen molar-refractivity contribution in [2.45, 2.75) is 33.7 Å². The molecule has 0 saturated heterocycles. The van der Waals surface area contributed by atoms with Crippen LogP contribution in [0.1, 0.15) is 27.7 Å². The van der Waals surface area contributed by atoms with Crippen LogP contribution in [0, 0.1) is 0 Å². The first-order chi connectivity index (χ1) is 6.91. The van der Waals surface area contributed by atoms with Gasteiger partial charge in [-0.1, -0.05) is 0 Å². The summed E-state index contributed by atoms with van der Waals surface area (Å²) in [5.74, 6) is 0.0705. The van der Waals surface area contributed by atoms with Gasteiger partial charge in [-0.05, 0) is 56.6 Å². The molecule has 0 radical (unpaired) electrons. The van der Waals surface area contributed by atoms with Crippen molar-refractivity contribution in [1.82, 2.24) is 5.06 Å². The van der Waals surface area contributed by atoms with E-state index in [1.807, 2.05) is 13.8 Å². The zero-order valence-corrected chi connectivity index (χ0v) is 9.61. The maximum absolute atomic E-state index is 11.5. The first kappa shape index (κ1) is 11.7. The van der Waals surface area contributed by atoms with Gasteiger partial charge in [0, 0.05) is 6.20 Å². The van der Waals surface area contributed by atoms with Crippen molar-refractivity contribution in [3.63, 3.8) is 0 Å². The number of carbonyl (C=O) groups excluding carboxylic acids is 1. The Bertz CT molecular complexity index is 338. The molecular weight excluding hydrogens is 190 g/mol. The highest BCUT2D eigenvalue weighted by molar-refractivity contribution is 6.09. The van der Waals surface area contributed by atoms with E-state index in [0.717, 1.165) is 10.6 Å². The third-order valence-electron chi connectivity index (χ3n) is 2.29. The molecule has 0 bridgehead atoms. The molecule has 0 aliphatic heterocycles. The Morgan fingerprint density at radius 3 is 2.13 bits per heavy atom. The van der Waals surface area contributed by atoms with Crippen LogP contribution in [0.2, 0.25) is 0 Å². The van der Waals surface area contributed by atoms with E-state index in [0.29, 0.717) is 11.1 Å². The minimum absolute atomic E-state index is 0.0255. The maximum atomic E-state index is 11.5. The van der Waals surface area contributed by atoms with Gasteiger partial charge in [-0.3, -0.25) is 15.1 Å². The van der Waals surface area contributed by atoms with Gasteiger partial charge in [0.1, 0.15) is 0 Å². The number of Topliss-reactive ketones (excluding diaryl/α,β-unsaturated/α-hetero) is 1. The lowest BCUT2D eigenvalue weighted by Crippen LogP contribution is -2.21. The average molecular weight is 207 g/mol. The van der Waals surface area contributed by atoms with Gasteiger partial charge in [-0.15, -0.1) is 0 Å². The third kappa shape index (κ3) is 2.80. The fraction of sp³-hybridized carbons (Fsp3) is 0.417. The molecule has 0 aromatic rings. The SMILES string of the molecule is CC1=CC(=CN(O)C(C)C)C=C(C)C1=O. The van der Waals surface area contributed by atoms with Gasteiger partial charge < -0.3 is 0 Å². The molecule has 1 rings (SSSR count). The Kier molecular flexibility index (Phi) is 3.48. The lowest BCUT2D eigenvalue weighted by atomic mass is 9.96. The Morgan fingerprint density at radius 2 is 1.73 bits per heavy atom. The van der Waals surface area contributed by atoms with E-state index in [1.165, 1.54) is 0 Å². The van der Waals surface area contributed by atoms with E-state index < -0.39 is 0 Å². The van der Waals surface area contributed by atoms with Crippen molar-refractivity contribution in [2.75, 3.05) is 0 Å². The zero-order chi connectivity index (χ0) is 11.6. The van der Waals surface area contributed by atoms with E-state index in [9.17, 15) is 10.0 Å². The second-order valence-electron chi connectivity index (χ2n) is 4.09. The number of ketones is 1. The second kappa shape index (κ2) is 4.45. The molecule has 0 heterocycles. The molecule has 82 valence electrons. The van der Waals surface area contributed by atoms with E-state index in [-0.39, 0.29) is 11.8 Å². The van der Waals surface area contributed by atoms with Gasteiger partial charge in [-0.2, -0.15) is 0 Å². The van der Waals surface area contributed by atoms with Crippen molar-refractivity contribution in [3.05, 3.63) is 35.1 Å². The number of hydrogen-bond donors (Lipinski definition) is 1. The normalized spacial score (nSPS) is 16.4.